The summed E-state index contributed by atoms with van der Waals surface area (Å²) in [5.41, 5.74) is 4.69. The van der Waals surface area contributed by atoms with Crippen LogP contribution in [0.15, 0.2) is 78.9 Å². The molecule has 3 aromatic rings. The van der Waals surface area contributed by atoms with Gasteiger partial charge >= 0.3 is 12.2 Å². The van der Waals surface area contributed by atoms with Crippen LogP contribution in [0.5, 0.6) is 0 Å². The Bertz CT molecular complexity index is 1930. The number of carbonyl (C=O) groups excluding carboxylic acids is 3. The summed E-state index contributed by atoms with van der Waals surface area (Å²) < 4.78 is 36.7. The number of rotatable bonds is 5. The number of ether oxygens (including phenoxy) is 2. The van der Waals surface area contributed by atoms with Crippen molar-refractivity contribution in [2.24, 2.45) is 0 Å². The number of fused-ring (bicyclic) bond motifs is 4. The maximum Gasteiger partial charge on any atom is 0.410 e. The number of piperidine rings is 2. The number of alkyl carbamates (subject to hydrolysis) is 1. The second kappa shape index (κ2) is 15.5. The van der Waals surface area contributed by atoms with Gasteiger partial charge in [-0.3, -0.25) is 9.10 Å². The molecule has 0 aromatic heterocycles. The standard InChI is InChI=1S/C21H31N3O5S.C20H22N2O2/c1-15(22-19(26)29-20(2,3)4)18(25)23-12-10-21(11-13-23)14-24(30(5,27)28)17-9-7-6-8-16(17)21;23-19(24-14-16-6-2-1-3-7-16)22-12-10-20(11-13-22)15-21-18-9-5-4-8-17(18)20/h6-9,15H,10-14H2,1-5H3,(H,22,26);1-9,21H,10-15H2. The van der Waals surface area contributed by atoms with Crippen molar-refractivity contribution < 1.29 is 32.3 Å². The number of nitrogens with zero attached hydrogens (tertiary/aromatic N) is 3. The lowest BCUT2D eigenvalue weighted by Gasteiger charge is -2.40. The molecule has 1 unspecified atom stereocenters. The van der Waals surface area contributed by atoms with Crippen molar-refractivity contribution >= 4 is 39.5 Å². The number of hydrogen-bond donors (Lipinski definition) is 2. The molecule has 3 aromatic carbocycles. The average molecular weight is 760 g/mol. The molecule has 2 saturated heterocycles. The highest BCUT2D eigenvalue weighted by Crippen LogP contribution is 2.48. The maximum atomic E-state index is 12.8. The number of para-hydroxylation sites is 2. The highest BCUT2D eigenvalue weighted by atomic mass is 32.2. The molecule has 13 heteroatoms. The van der Waals surface area contributed by atoms with Crippen LogP contribution in [0.25, 0.3) is 0 Å². The molecule has 4 heterocycles. The van der Waals surface area contributed by atoms with E-state index in [1.54, 1.807) is 32.6 Å². The molecule has 12 nitrogen and oxygen atoms in total. The molecule has 290 valence electrons. The van der Waals surface area contributed by atoms with Gasteiger partial charge in [-0.1, -0.05) is 66.7 Å². The Labute approximate surface area is 319 Å². The van der Waals surface area contributed by atoms with E-state index in [1.165, 1.54) is 21.8 Å². The summed E-state index contributed by atoms with van der Waals surface area (Å²) >= 11 is 0. The first-order chi connectivity index (χ1) is 25.6. The first-order valence-corrected chi connectivity index (χ1v) is 20.6. The lowest BCUT2D eigenvalue weighted by Crippen LogP contribution is -2.53. The van der Waals surface area contributed by atoms with E-state index in [4.69, 9.17) is 9.47 Å². The molecule has 4 aliphatic rings. The lowest BCUT2D eigenvalue weighted by atomic mass is 9.74. The Kier molecular flexibility index (Phi) is 11.2. The lowest BCUT2D eigenvalue weighted by molar-refractivity contribution is -0.134. The first kappa shape index (κ1) is 38.9. The minimum absolute atomic E-state index is 0.165. The number of hydrogen-bond acceptors (Lipinski definition) is 8. The Morgan fingerprint density at radius 3 is 2.04 bits per heavy atom. The van der Waals surface area contributed by atoms with Gasteiger partial charge in [0.2, 0.25) is 15.9 Å². The van der Waals surface area contributed by atoms with E-state index < -0.39 is 27.8 Å². The molecule has 0 radical (unpaired) electrons. The number of carbonyl (C=O) groups is 3. The van der Waals surface area contributed by atoms with Gasteiger partial charge in [0.1, 0.15) is 18.2 Å². The van der Waals surface area contributed by atoms with Crippen LogP contribution in [0.3, 0.4) is 0 Å². The summed E-state index contributed by atoms with van der Waals surface area (Å²) in [5, 5.41) is 6.11. The Balaban J connectivity index is 0.000000188. The van der Waals surface area contributed by atoms with Crippen LogP contribution in [0.4, 0.5) is 21.0 Å². The summed E-state index contributed by atoms with van der Waals surface area (Å²) in [5.74, 6) is -0.165. The van der Waals surface area contributed by atoms with Crippen LogP contribution < -0.4 is 14.9 Å². The van der Waals surface area contributed by atoms with Crippen molar-refractivity contribution in [3.8, 4) is 0 Å². The van der Waals surface area contributed by atoms with Gasteiger partial charge in [0.05, 0.1) is 11.9 Å². The van der Waals surface area contributed by atoms with Crippen LogP contribution in [0.1, 0.15) is 70.1 Å². The number of amides is 3. The van der Waals surface area contributed by atoms with Crippen molar-refractivity contribution in [3.63, 3.8) is 0 Å². The minimum atomic E-state index is -3.37. The molecule has 7 rings (SSSR count). The van der Waals surface area contributed by atoms with E-state index in [-0.39, 0.29) is 22.8 Å². The van der Waals surface area contributed by atoms with Crippen molar-refractivity contribution in [1.29, 1.82) is 0 Å². The SMILES string of the molecule is CC(NC(=O)OC(C)(C)C)C(=O)N1CCC2(CC1)CN(S(C)(=O)=O)c1ccccc12.O=C(OCc1ccccc1)N1CCC2(CC1)CNc1ccccc12. The topological polar surface area (TPSA) is 138 Å². The quantitative estimate of drug-likeness (QED) is 0.322. The third-order valence-electron chi connectivity index (χ3n) is 11.0. The van der Waals surface area contributed by atoms with Gasteiger partial charge < -0.3 is 29.9 Å². The molecule has 1 atom stereocenters. The van der Waals surface area contributed by atoms with Crippen molar-refractivity contribution in [2.45, 2.75) is 82.5 Å². The summed E-state index contributed by atoms with van der Waals surface area (Å²) in [6.45, 7) is 11.2. The van der Waals surface area contributed by atoms with E-state index in [0.29, 0.717) is 39.1 Å². The molecule has 3 amide bonds. The van der Waals surface area contributed by atoms with E-state index in [2.05, 4.69) is 34.9 Å². The molecule has 4 aliphatic heterocycles. The van der Waals surface area contributed by atoms with Crippen LogP contribution in [0.2, 0.25) is 0 Å². The number of benzene rings is 3. The summed E-state index contributed by atoms with van der Waals surface area (Å²) in [6.07, 6.45) is 3.71. The predicted octanol–water partition coefficient (Wildman–Crippen LogP) is 6.02. The number of likely N-dealkylation sites (tertiary alicyclic amines) is 2. The first-order valence-electron chi connectivity index (χ1n) is 18.7. The number of sulfonamides is 1. The van der Waals surface area contributed by atoms with E-state index >= 15 is 0 Å². The summed E-state index contributed by atoms with van der Waals surface area (Å²) in [4.78, 5) is 40.7. The largest absolute Gasteiger partial charge is 0.445 e. The zero-order chi connectivity index (χ0) is 38.7. The van der Waals surface area contributed by atoms with Crippen LogP contribution in [0, 0.1) is 0 Å². The van der Waals surface area contributed by atoms with E-state index in [9.17, 15) is 22.8 Å². The Morgan fingerprint density at radius 2 is 1.39 bits per heavy atom. The third kappa shape index (κ3) is 8.61. The van der Waals surface area contributed by atoms with Gasteiger partial charge in [-0.15, -0.1) is 0 Å². The second-order valence-electron chi connectivity index (χ2n) is 16.0. The van der Waals surface area contributed by atoms with Crippen LogP contribution in [-0.4, -0.2) is 93.5 Å². The second-order valence-corrected chi connectivity index (χ2v) is 17.9. The van der Waals surface area contributed by atoms with E-state index in [0.717, 1.165) is 49.3 Å². The summed E-state index contributed by atoms with van der Waals surface area (Å²) in [7, 11) is -3.37. The number of anilines is 2. The maximum absolute atomic E-state index is 12.8. The van der Waals surface area contributed by atoms with Crippen LogP contribution in [-0.2, 0) is 41.7 Å². The van der Waals surface area contributed by atoms with Gasteiger partial charge in [0.25, 0.3) is 0 Å². The zero-order valence-electron chi connectivity index (χ0n) is 32.0. The molecule has 0 aliphatic carbocycles. The fourth-order valence-corrected chi connectivity index (χ4v) is 9.11. The van der Waals surface area contributed by atoms with Crippen molar-refractivity contribution in [2.75, 3.05) is 55.1 Å². The number of nitrogens with one attached hydrogen (secondary N) is 2. The van der Waals surface area contributed by atoms with Crippen molar-refractivity contribution in [1.82, 2.24) is 15.1 Å². The van der Waals surface area contributed by atoms with Gasteiger partial charge in [0.15, 0.2) is 0 Å². The van der Waals surface area contributed by atoms with Gasteiger partial charge in [0, 0.05) is 55.8 Å². The van der Waals surface area contributed by atoms with Crippen molar-refractivity contribution in [3.05, 3.63) is 95.6 Å². The van der Waals surface area contributed by atoms with Gasteiger partial charge in [-0.2, -0.15) is 0 Å². The summed E-state index contributed by atoms with van der Waals surface area (Å²) in [6, 6.07) is 25.3. The Morgan fingerprint density at radius 1 is 0.815 bits per heavy atom. The Hall–Kier alpha value is -4.78. The molecule has 54 heavy (non-hydrogen) atoms. The van der Waals surface area contributed by atoms with Gasteiger partial charge in [-0.25, -0.2) is 18.0 Å². The average Bonchev–Trinajstić information content (AvgIpc) is 3.66. The fourth-order valence-electron chi connectivity index (χ4n) is 8.12. The van der Waals surface area contributed by atoms with Crippen LogP contribution >= 0.6 is 0 Å². The molecule has 0 saturated carbocycles. The monoisotopic (exact) mass is 759 g/mol. The molecule has 2 fully saturated rings. The third-order valence-corrected chi connectivity index (χ3v) is 12.2. The smallest absolute Gasteiger partial charge is 0.410 e. The fraction of sp³-hybridized carbons (Fsp3) is 0.488. The van der Waals surface area contributed by atoms with E-state index in [1.807, 2.05) is 59.5 Å². The molecule has 0 bridgehead atoms. The molecular weight excluding hydrogens is 707 g/mol. The highest BCUT2D eigenvalue weighted by Gasteiger charge is 2.48. The zero-order valence-corrected chi connectivity index (χ0v) is 32.8. The predicted molar refractivity (Wildman–Crippen MR) is 209 cm³/mol. The van der Waals surface area contributed by atoms with Gasteiger partial charge in [-0.05, 0) is 82.2 Å². The highest BCUT2D eigenvalue weighted by molar-refractivity contribution is 7.92. The molecule has 2 spiro atoms. The normalized spacial score (nSPS) is 18.8. The molecular formula is C41H53N5O7S. The molecule has 2 N–H and O–H groups in total. The minimum Gasteiger partial charge on any atom is -0.445 e.